The number of amides is 1. The van der Waals surface area contributed by atoms with Crippen LogP contribution in [-0.4, -0.2) is 17.4 Å². The Morgan fingerprint density at radius 1 is 1.40 bits per heavy atom. The standard InChI is InChI=1S/C15H15ClN2OS/c16-9-12-10-20-14(17-12)8-15(19)18-7-3-5-11-4-1-2-6-13(11)18/h1-2,4,6,10H,3,5,7-9H2. The van der Waals surface area contributed by atoms with Gasteiger partial charge in [-0.25, -0.2) is 4.98 Å². The average molecular weight is 307 g/mol. The van der Waals surface area contributed by atoms with Crippen molar-refractivity contribution in [1.29, 1.82) is 0 Å². The monoisotopic (exact) mass is 306 g/mol. The first-order valence-electron chi connectivity index (χ1n) is 6.65. The summed E-state index contributed by atoms with van der Waals surface area (Å²) in [6.07, 6.45) is 2.43. The van der Waals surface area contributed by atoms with E-state index in [1.807, 2.05) is 28.5 Å². The lowest BCUT2D eigenvalue weighted by molar-refractivity contribution is -0.118. The number of aryl methyl sites for hydroxylation is 1. The van der Waals surface area contributed by atoms with Crippen LogP contribution in [0.2, 0.25) is 0 Å². The minimum Gasteiger partial charge on any atom is -0.312 e. The number of rotatable bonds is 3. The molecule has 1 amide bonds. The molecule has 1 aromatic heterocycles. The lowest BCUT2D eigenvalue weighted by Crippen LogP contribution is -2.36. The first kappa shape index (κ1) is 13.6. The molecule has 0 aliphatic carbocycles. The molecule has 2 heterocycles. The van der Waals surface area contributed by atoms with Crippen molar-refractivity contribution in [1.82, 2.24) is 4.98 Å². The van der Waals surface area contributed by atoms with Crippen LogP contribution >= 0.6 is 22.9 Å². The molecule has 0 N–H and O–H groups in total. The summed E-state index contributed by atoms with van der Waals surface area (Å²) in [4.78, 5) is 18.7. The number of carbonyl (C=O) groups excluding carboxylic acids is 1. The van der Waals surface area contributed by atoms with Gasteiger partial charge in [0.25, 0.3) is 0 Å². The molecule has 0 saturated carbocycles. The average Bonchev–Trinajstić information content (AvgIpc) is 2.94. The number of halogens is 1. The second-order valence-corrected chi connectivity index (χ2v) is 6.03. The minimum atomic E-state index is 0.118. The van der Waals surface area contributed by atoms with E-state index < -0.39 is 0 Å². The Labute approximate surface area is 127 Å². The SMILES string of the molecule is O=C(Cc1nc(CCl)cs1)N1CCCc2ccccc21. The molecule has 0 radical (unpaired) electrons. The number of benzene rings is 1. The van der Waals surface area contributed by atoms with E-state index >= 15 is 0 Å². The molecular formula is C15H15ClN2OS. The lowest BCUT2D eigenvalue weighted by Gasteiger charge is -2.29. The smallest absolute Gasteiger partial charge is 0.233 e. The van der Waals surface area contributed by atoms with Gasteiger partial charge in [0.2, 0.25) is 5.91 Å². The Balaban J connectivity index is 1.78. The van der Waals surface area contributed by atoms with Gasteiger partial charge in [0.05, 0.1) is 18.0 Å². The van der Waals surface area contributed by atoms with Gasteiger partial charge in [-0.2, -0.15) is 0 Å². The molecule has 1 aliphatic rings. The van der Waals surface area contributed by atoms with Crippen molar-refractivity contribution in [3.63, 3.8) is 0 Å². The van der Waals surface area contributed by atoms with Crippen molar-refractivity contribution in [2.24, 2.45) is 0 Å². The van der Waals surface area contributed by atoms with E-state index in [1.165, 1.54) is 16.9 Å². The first-order valence-corrected chi connectivity index (χ1v) is 8.07. The predicted octanol–water partition coefficient (Wildman–Crippen LogP) is 3.40. The highest BCUT2D eigenvalue weighted by molar-refractivity contribution is 7.09. The summed E-state index contributed by atoms with van der Waals surface area (Å²) in [6.45, 7) is 0.795. The Morgan fingerprint density at radius 3 is 3.05 bits per heavy atom. The van der Waals surface area contributed by atoms with E-state index in [0.717, 1.165) is 35.8 Å². The Kier molecular flexibility index (Phi) is 4.03. The summed E-state index contributed by atoms with van der Waals surface area (Å²) in [7, 11) is 0. The van der Waals surface area contributed by atoms with Gasteiger partial charge in [0, 0.05) is 17.6 Å². The van der Waals surface area contributed by atoms with Crippen LogP contribution < -0.4 is 4.90 Å². The highest BCUT2D eigenvalue weighted by Crippen LogP contribution is 2.27. The van der Waals surface area contributed by atoms with Crippen molar-refractivity contribution in [3.05, 3.63) is 45.9 Å². The summed E-state index contributed by atoms with van der Waals surface area (Å²) in [5, 5.41) is 2.76. The third kappa shape index (κ3) is 2.72. The van der Waals surface area contributed by atoms with Crippen molar-refractivity contribution < 1.29 is 4.79 Å². The number of para-hydroxylation sites is 1. The Hall–Kier alpha value is -1.39. The number of thiazole rings is 1. The highest BCUT2D eigenvalue weighted by Gasteiger charge is 2.22. The van der Waals surface area contributed by atoms with Gasteiger partial charge < -0.3 is 4.90 Å². The molecule has 0 saturated heterocycles. The van der Waals surface area contributed by atoms with Gasteiger partial charge in [-0.3, -0.25) is 4.79 Å². The molecule has 0 atom stereocenters. The lowest BCUT2D eigenvalue weighted by atomic mass is 10.0. The molecule has 20 heavy (non-hydrogen) atoms. The largest absolute Gasteiger partial charge is 0.312 e. The van der Waals surface area contributed by atoms with E-state index in [0.29, 0.717) is 12.3 Å². The number of carbonyl (C=O) groups is 1. The third-order valence-corrected chi connectivity index (χ3v) is 4.62. The van der Waals surface area contributed by atoms with E-state index in [4.69, 9.17) is 11.6 Å². The fourth-order valence-electron chi connectivity index (χ4n) is 2.51. The molecule has 0 bridgehead atoms. The van der Waals surface area contributed by atoms with Crippen LogP contribution in [0.3, 0.4) is 0 Å². The maximum absolute atomic E-state index is 12.5. The molecule has 1 aliphatic heterocycles. The molecule has 1 aromatic carbocycles. The normalized spacial score (nSPS) is 14.2. The maximum Gasteiger partial charge on any atom is 0.233 e. The molecule has 0 spiro atoms. The molecule has 3 nitrogen and oxygen atoms in total. The summed E-state index contributed by atoms with van der Waals surface area (Å²) >= 11 is 7.25. The fourth-order valence-corrected chi connectivity index (χ4v) is 3.52. The zero-order valence-corrected chi connectivity index (χ0v) is 12.6. The van der Waals surface area contributed by atoms with Crippen molar-refractivity contribution in [2.45, 2.75) is 25.1 Å². The Morgan fingerprint density at radius 2 is 2.25 bits per heavy atom. The molecule has 5 heteroatoms. The number of hydrogen-bond acceptors (Lipinski definition) is 3. The molecule has 0 fully saturated rings. The number of nitrogens with zero attached hydrogens (tertiary/aromatic N) is 2. The van der Waals surface area contributed by atoms with Crippen molar-refractivity contribution in [2.75, 3.05) is 11.4 Å². The van der Waals surface area contributed by atoms with Crippen LogP contribution in [0.25, 0.3) is 0 Å². The number of aromatic nitrogens is 1. The second-order valence-electron chi connectivity index (χ2n) is 4.82. The zero-order chi connectivity index (χ0) is 13.9. The number of alkyl halides is 1. The first-order chi connectivity index (χ1) is 9.78. The fraction of sp³-hybridized carbons (Fsp3) is 0.333. The maximum atomic E-state index is 12.5. The minimum absolute atomic E-state index is 0.118. The second kappa shape index (κ2) is 5.94. The van der Waals surface area contributed by atoms with Crippen molar-refractivity contribution >= 4 is 34.5 Å². The van der Waals surface area contributed by atoms with Crippen molar-refractivity contribution in [3.8, 4) is 0 Å². The third-order valence-electron chi connectivity index (χ3n) is 3.45. The predicted molar refractivity (Wildman–Crippen MR) is 82.5 cm³/mol. The number of hydrogen-bond donors (Lipinski definition) is 0. The summed E-state index contributed by atoms with van der Waals surface area (Å²) in [5.41, 5.74) is 3.16. The van der Waals surface area contributed by atoms with Crippen LogP contribution in [-0.2, 0) is 23.5 Å². The van der Waals surface area contributed by atoms with Crippen LogP contribution in [0.1, 0.15) is 22.7 Å². The topological polar surface area (TPSA) is 33.2 Å². The summed E-state index contributed by atoms with van der Waals surface area (Å²) in [6, 6.07) is 8.14. The van der Waals surface area contributed by atoms with Crippen LogP contribution in [0.5, 0.6) is 0 Å². The molecule has 3 rings (SSSR count). The van der Waals surface area contributed by atoms with E-state index in [-0.39, 0.29) is 5.91 Å². The van der Waals surface area contributed by atoms with Gasteiger partial charge in [0.1, 0.15) is 5.01 Å². The molecule has 104 valence electrons. The van der Waals surface area contributed by atoms with E-state index in [1.54, 1.807) is 0 Å². The van der Waals surface area contributed by atoms with E-state index in [2.05, 4.69) is 11.1 Å². The van der Waals surface area contributed by atoms with Gasteiger partial charge in [-0.05, 0) is 24.5 Å². The molecule has 0 unspecified atom stereocenters. The molecule has 2 aromatic rings. The van der Waals surface area contributed by atoms with Gasteiger partial charge in [-0.1, -0.05) is 18.2 Å². The van der Waals surface area contributed by atoms with E-state index in [9.17, 15) is 4.79 Å². The van der Waals surface area contributed by atoms with Gasteiger partial charge in [0.15, 0.2) is 0 Å². The van der Waals surface area contributed by atoms with Crippen LogP contribution in [0.15, 0.2) is 29.6 Å². The van der Waals surface area contributed by atoms with Crippen LogP contribution in [0, 0.1) is 0 Å². The summed E-state index contributed by atoms with van der Waals surface area (Å²) < 4.78 is 0. The summed E-state index contributed by atoms with van der Waals surface area (Å²) in [5.74, 6) is 0.518. The highest BCUT2D eigenvalue weighted by atomic mass is 35.5. The Bertz CT molecular complexity index is 626. The number of anilines is 1. The zero-order valence-electron chi connectivity index (χ0n) is 11.0. The number of fused-ring (bicyclic) bond motifs is 1. The van der Waals surface area contributed by atoms with Crippen LogP contribution in [0.4, 0.5) is 5.69 Å². The van der Waals surface area contributed by atoms with Gasteiger partial charge >= 0.3 is 0 Å². The van der Waals surface area contributed by atoms with Gasteiger partial charge in [-0.15, -0.1) is 22.9 Å². The quantitative estimate of drug-likeness (QED) is 0.814. The molecular weight excluding hydrogens is 292 g/mol.